The van der Waals surface area contributed by atoms with Crippen LogP contribution in [0.4, 0.5) is 0 Å². The van der Waals surface area contributed by atoms with Crippen LogP contribution in [-0.2, 0) is 9.84 Å². The Morgan fingerprint density at radius 2 is 1.72 bits per heavy atom. The molecule has 2 saturated carbocycles. The van der Waals surface area contributed by atoms with Crippen molar-refractivity contribution in [1.82, 2.24) is 5.32 Å². The molecular weight excluding hydrogens is 246 g/mol. The van der Waals surface area contributed by atoms with Gasteiger partial charge >= 0.3 is 0 Å². The van der Waals surface area contributed by atoms with Crippen molar-refractivity contribution in [3.8, 4) is 0 Å². The van der Waals surface area contributed by atoms with E-state index in [-0.39, 0.29) is 6.04 Å². The van der Waals surface area contributed by atoms with E-state index in [1.54, 1.807) is 0 Å². The SMILES string of the molecule is O=S1(=O)CCCC(NC2CCC23CCCCC3)C1. The predicted octanol–water partition coefficient (Wildman–Crippen LogP) is 2.27. The minimum absolute atomic E-state index is 0.229. The first kappa shape index (κ1) is 12.9. The van der Waals surface area contributed by atoms with Gasteiger partial charge in [0.1, 0.15) is 0 Å². The monoisotopic (exact) mass is 271 g/mol. The molecule has 3 fully saturated rings. The molecule has 0 bridgehead atoms. The second kappa shape index (κ2) is 4.78. The van der Waals surface area contributed by atoms with E-state index in [1.165, 1.54) is 44.9 Å². The van der Waals surface area contributed by atoms with Crippen molar-refractivity contribution < 1.29 is 8.42 Å². The summed E-state index contributed by atoms with van der Waals surface area (Å²) in [4.78, 5) is 0. The van der Waals surface area contributed by atoms with E-state index in [4.69, 9.17) is 0 Å². The van der Waals surface area contributed by atoms with Crippen molar-refractivity contribution >= 4 is 9.84 Å². The van der Waals surface area contributed by atoms with E-state index in [0.29, 0.717) is 23.0 Å². The number of hydrogen-bond acceptors (Lipinski definition) is 3. The zero-order valence-corrected chi connectivity index (χ0v) is 12.0. The van der Waals surface area contributed by atoms with Crippen LogP contribution in [0.3, 0.4) is 0 Å². The van der Waals surface area contributed by atoms with Gasteiger partial charge in [-0.3, -0.25) is 0 Å². The van der Waals surface area contributed by atoms with E-state index in [0.717, 1.165) is 12.8 Å². The highest BCUT2D eigenvalue weighted by molar-refractivity contribution is 7.91. The molecule has 3 aliphatic rings. The summed E-state index contributed by atoms with van der Waals surface area (Å²) in [6.07, 6.45) is 11.4. The molecule has 0 aromatic carbocycles. The maximum atomic E-state index is 11.7. The Bertz CT molecular complexity index is 398. The summed E-state index contributed by atoms with van der Waals surface area (Å²) < 4.78 is 23.4. The molecule has 4 heteroatoms. The summed E-state index contributed by atoms with van der Waals surface area (Å²) in [5.74, 6) is 0.778. The lowest BCUT2D eigenvalue weighted by atomic mass is 9.57. The van der Waals surface area contributed by atoms with Crippen molar-refractivity contribution in [2.75, 3.05) is 11.5 Å². The molecule has 0 aromatic rings. The largest absolute Gasteiger partial charge is 0.310 e. The molecule has 0 amide bonds. The van der Waals surface area contributed by atoms with E-state index in [9.17, 15) is 8.42 Å². The minimum Gasteiger partial charge on any atom is -0.310 e. The van der Waals surface area contributed by atoms with E-state index in [1.807, 2.05) is 0 Å². The smallest absolute Gasteiger partial charge is 0.151 e. The number of rotatable bonds is 2. The quantitative estimate of drug-likeness (QED) is 0.838. The van der Waals surface area contributed by atoms with Crippen molar-refractivity contribution in [1.29, 1.82) is 0 Å². The highest BCUT2D eigenvalue weighted by Gasteiger charge is 2.47. The van der Waals surface area contributed by atoms with Gasteiger partial charge in [-0.05, 0) is 43.9 Å². The first-order valence-corrected chi connectivity index (χ1v) is 9.38. The molecule has 3 nitrogen and oxygen atoms in total. The lowest BCUT2D eigenvalue weighted by Gasteiger charge is -2.54. The number of sulfone groups is 1. The topological polar surface area (TPSA) is 46.2 Å². The molecular formula is C14H25NO2S. The van der Waals surface area contributed by atoms with Crippen LogP contribution in [0.1, 0.15) is 57.8 Å². The molecule has 0 radical (unpaired) electrons. The molecule has 1 N–H and O–H groups in total. The Balaban J connectivity index is 1.59. The lowest BCUT2D eigenvalue weighted by molar-refractivity contribution is 0.0170. The van der Waals surface area contributed by atoms with Crippen LogP contribution < -0.4 is 5.32 Å². The Kier molecular flexibility index (Phi) is 3.43. The highest BCUT2D eigenvalue weighted by Crippen LogP contribution is 2.51. The van der Waals surface area contributed by atoms with Gasteiger partial charge in [-0.25, -0.2) is 8.42 Å². The van der Waals surface area contributed by atoms with Crippen LogP contribution in [0.5, 0.6) is 0 Å². The molecule has 1 heterocycles. The second-order valence-corrected chi connectivity index (χ2v) is 8.86. The minimum atomic E-state index is -2.77. The summed E-state index contributed by atoms with van der Waals surface area (Å²) in [6.45, 7) is 0. The molecule has 1 aliphatic heterocycles. The van der Waals surface area contributed by atoms with Gasteiger partial charge in [0.25, 0.3) is 0 Å². The second-order valence-electron chi connectivity index (χ2n) is 6.63. The van der Waals surface area contributed by atoms with Gasteiger partial charge < -0.3 is 5.32 Å². The van der Waals surface area contributed by atoms with Crippen LogP contribution in [0, 0.1) is 5.41 Å². The third-order valence-electron chi connectivity index (χ3n) is 5.42. The van der Waals surface area contributed by atoms with E-state index >= 15 is 0 Å². The van der Waals surface area contributed by atoms with Gasteiger partial charge in [0, 0.05) is 12.1 Å². The van der Waals surface area contributed by atoms with Gasteiger partial charge in [0.15, 0.2) is 9.84 Å². The van der Waals surface area contributed by atoms with Gasteiger partial charge in [-0.1, -0.05) is 19.3 Å². The normalized spacial score (nSPS) is 38.2. The third-order valence-corrected chi connectivity index (χ3v) is 7.24. The first-order chi connectivity index (χ1) is 8.60. The fourth-order valence-corrected chi connectivity index (χ4v) is 5.90. The van der Waals surface area contributed by atoms with Crippen LogP contribution in [0.2, 0.25) is 0 Å². The van der Waals surface area contributed by atoms with Crippen molar-refractivity contribution in [2.24, 2.45) is 5.41 Å². The van der Waals surface area contributed by atoms with Gasteiger partial charge in [0.05, 0.1) is 11.5 Å². The zero-order valence-electron chi connectivity index (χ0n) is 11.2. The summed E-state index contributed by atoms with van der Waals surface area (Å²) in [5, 5.41) is 3.69. The average Bonchev–Trinajstić information content (AvgIpc) is 2.35. The summed E-state index contributed by atoms with van der Waals surface area (Å²) in [5.41, 5.74) is 0.541. The third kappa shape index (κ3) is 2.46. The molecule has 2 atom stereocenters. The number of nitrogens with one attached hydrogen (secondary N) is 1. The molecule has 2 aliphatic carbocycles. The molecule has 3 rings (SSSR count). The highest BCUT2D eigenvalue weighted by atomic mass is 32.2. The first-order valence-electron chi connectivity index (χ1n) is 7.56. The molecule has 104 valence electrons. The van der Waals surface area contributed by atoms with Crippen molar-refractivity contribution in [2.45, 2.75) is 69.9 Å². The van der Waals surface area contributed by atoms with E-state index in [2.05, 4.69) is 5.32 Å². The fraction of sp³-hybridized carbons (Fsp3) is 1.00. The summed E-state index contributed by atoms with van der Waals surface area (Å²) in [6, 6.07) is 0.837. The lowest BCUT2D eigenvalue weighted by Crippen LogP contribution is -2.58. The maximum absolute atomic E-state index is 11.7. The maximum Gasteiger partial charge on any atom is 0.151 e. The Morgan fingerprint density at radius 1 is 0.944 bits per heavy atom. The van der Waals surface area contributed by atoms with Crippen LogP contribution in [0.25, 0.3) is 0 Å². The van der Waals surface area contributed by atoms with Crippen LogP contribution in [0.15, 0.2) is 0 Å². The molecule has 2 unspecified atom stereocenters. The molecule has 1 spiro atoms. The Hall–Kier alpha value is -0.0900. The van der Waals surface area contributed by atoms with Crippen molar-refractivity contribution in [3.63, 3.8) is 0 Å². The van der Waals surface area contributed by atoms with Gasteiger partial charge in [-0.2, -0.15) is 0 Å². The zero-order chi connectivity index (χ0) is 12.6. The number of hydrogen-bond donors (Lipinski definition) is 1. The molecule has 0 aromatic heterocycles. The van der Waals surface area contributed by atoms with E-state index < -0.39 is 9.84 Å². The Labute approximate surface area is 111 Å². The van der Waals surface area contributed by atoms with Crippen molar-refractivity contribution in [3.05, 3.63) is 0 Å². The van der Waals surface area contributed by atoms with Crippen LogP contribution >= 0.6 is 0 Å². The van der Waals surface area contributed by atoms with Gasteiger partial charge in [0.2, 0.25) is 0 Å². The van der Waals surface area contributed by atoms with Crippen LogP contribution in [-0.4, -0.2) is 32.0 Å². The molecule has 1 saturated heterocycles. The molecule has 18 heavy (non-hydrogen) atoms. The fourth-order valence-electron chi connectivity index (χ4n) is 4.25. The average molecular weight is 271 g/mol. The Morgan fingerprint density at radius 3 is 2.33 bits per heavy atom. The van der Waals surface area contributed by atoms with Gasteiger partial charge in [-0.15, -0.1) is 0 Å². The summed E-state index contributed by atoms with van der Waals surface area (Å²) in [7, 11) is -2.77. The summed E-state index contributed by atoms with van der Waals surface area (Å²) >= 11 is 0. The predicted molar refractivity (Wildman–Crippen MR) is 73.4 cm³/mol. The standard InChI is InChI=1S/C14H25NO2S/c16-18(17)10-4-5-12(11-18)15-13-6-9-14(13)7-2-1-3-8-14/h12-13,15H,1-11H2.